The molecule has 3 saturated heterocycles. The van der Waals surface area contributed by atoms with Crippen molar-refractivity contribution in [1.82, 2.24) is 19.7 Å². The van der Waals surface area contributed by atoms with Gasteiger partial charge in [-0.15, -0.1) is 0 Å². The molecule has 2 aromatic rings. The van der Waals surface area contributed by atoms with Gasteiger partial charge in [0, 0.05) is 50.9 Å². The van der Waals surface area contributed by atoms with Crippen molar-refractivity contribution in [3.05, 3.63) is 53.3 Å². The average molecular weight is 554 g/mol. The zero-order valence-electron chi connectivity index (χ0n) is 22.3. The summed E-state index contributed by atoms with van der Waals surface area (Å²) in [7, 11) is 2.14. The number of anilines is 1. The van der Waals surface area contributed by atoms with Crippen molar-refractivity contribution in [3.8, 4) is 17.0 Å². The highest BCUT2D eigenvalue weighted by Crippen LogP contribution is 2.48. The van der Waals surface area contributed by atoms with Crippen LogP contribution in [0.1, 0.15) is 30.1 Å². The number of carbonyl (C=O) groups is 2. The molecule has 1 aromatic heterocycles. The van der Waals surface area contributed by atoms with E-state index in [-0.39, 0.29) is 57.9 Å². The van der Waals surface area contributed by atoms with Gasteiger partial charge in [0.25, 0.3) is 5.91 Å². The maximum atomic E-state index is 15.0. The fourth-order valence-electron chi connectivity index (χ4n) is 6.93. The molecule has 0 bridgehead atoms. The molecule has 1 aromatic carbocycles. The number of amides is 2. The van der Waals surface area contributed by atoms with Gasteiger partial charge in [0.2, 0.25) is 5.91 Å². The number of rotatable bonds is 3. The van der Waals surface area contributed by atoms with Crippen molar-refractivity contribution in [2.24, 2.45) is 5.41 Å². The highest BCUT2D eigenvalue weighted by Gasteiger charge is 2.47. The van der Waals surface area contributed by atoms with Crippen LogP contribution in [0.4, 0.5) is 10.2 Å². The summed E-state index contributed by atoms with van der Waals surface area (Å²) in [5, 5.41) is 0.118. The SMILES string of the molecule is C=CC(=O)N1CCN2C(=O)c3c(N4CCC5(CC4C)CN(C)C5)nc(-c4ccccc4F)c(Cl)c3OCC2C1. The number of halogens is 2. The van der Waals surface area contributed by atoms with Gasteiger partial charge in [0.1, 0.15) is 28.8 Å². The van der Waals surface area contributed by atoms with E-state index in [9.17, 15) is 9.59 Å². The Hall–Kier alpha value is -3.17. The first-order valence-corrected chi connectivity index (χ1v) is 13.9. The van der Waals surface area contributed by atoms with Crippen LogP contribution >= 0.6 is 11.6 Å². The first-order chi connectivity index (χ1) is 18.7. The molecule has 0 saturated carbocycles. The quantitative estimate of drug-likeness (QED) is 0.540. The number of fused-ring (bicyclic) bond motifs is 2. The van der Waals surface area contributed by atoms with Gasteiger partial charge in [-0.05, 0) is 50.4 Å². The van der Waals surface area contributed by atoms with E-state index in [4.69, 9.17) is 21.3 Å². The number of benzene rings is 1. The molecular weight excluding hydrogens is 521 g/mol. The second-order valence-electron chi connectivity index (χ2n) is 11.4. The Morgan fingerprint density at radius 1 is 1.23 bits per heavy atom. The Morgan fingerprint density at radius 3 is 2.69 bits per heavy atom. The van der Waals surface area contributed by atoms with Gasteiger partial charge < -0.3 is 24.3 Å². The molecule has 0 N–H and O–H groups in total. The Balaban J connectivity index is 1.44. The maximum Gasteiger partial charge on any atom is 0.261 e. The van der Waals surface area contributed by atoms with Crippen LogP contribution < -0.4 is 9.64 Å². The smallest absolute Gasteiger partial charge is 0.261 e. The molecule has 0 aliphatic carbocycles. The van der Waals surface area contributed by atoms with Gasteiger partial charge in [-0.2, -0.15) is 0 Å². The Bertz CT molecular complexity index is 1350. The lowest BCUT2D eigenvalue weighted by Crippen LogP contribution is -2.61. The second kappa shape index (κ2) is 9.78. The summed E-state index contributed by atoms with van der Waals surface area (Å²) in [5.74, 6) is -0.131. The van der Waals surface area contributed by atoms with Crippen molar-refractivity contribution in [2.75, 3.05) is 57.8 Å². The van der Waals surface area contributed by atoms with Crippen LogP contribution in [0.5, 0.6) is 5.75 Å². The van der Waals surface area contributed by atoms with Crippen LogP contribution in [0.25, 0.3) is 11.3 Å². The highest BCUT2D eigenvalue weighted by molar-refractivity contribution is 6.35. The first kappa shape index (κ1) is 26.1. The minimum absolute atomic E-state index is 0.118. The van der Waals surface area contributed by atoms with Crippen molar-refractivity contribution in [3.63, 3.8) is 0 Å². The van der Waals surface area contributed by atoms with Crippen LogP contribution in [0.3, 0.4) is 0 Å². The fraction of sp³-hybridized carbons (Fsp3) is 0.483. The van der Waals surface area contributed by atoms with Crippen molar-refractivity contribution in [1.29, 1.82) is 0 Å². The molecule has 2 amide bonds. The molecule has 2 unspecified atom stereocenters. The summed E-state index contributed by atoms with van der Waals surface area (Å²) in [6.07, 6.45) is 3.25. The molecule has 1 spiro atoms. The molecule has 6 rings (SSSR count). The third-order valence-corrected chi connectivity index (χ3v) is 9.05. The van der Waals surface area contributed by atoms with Crippen molar-refractivity contribution in [2.45, 2.75) is 31.8 Å². The first-order valence-electron chi connectivity index (χ1n) is 13.5. The molecule has 5 heterocycles. The van der Waals surface area contributed by atoms with Crippen LogP contribution in [-0.2, 0) is 4.79 Å². The van der Waals surface area contributed by atoms with Crippen molar-refractivity contribution < 1.29 is 18.7 Å². The molecule has 2 atom stereocenters. The lowest BCUT2D eigenvalue weighted by atomic mass is 9.70. The van der Waals surface area contributed by atoms with E-state index in [1.807, 2.05) is 0 Å². The highest BCUT2D eigenvalue weighted by atomic mass is 35.5. The van der Waals surface area contributed by atoms with Gasteiger partial charge in [0.15, 0.2) is 5.75 Å². The number of hydrogen-bond acceptors (Lipinski definition) is 6. The summed E-state index contributed by atoms with van der Waals surface area (Å²) in [4.78, 5) is 39.4. The Morgan fingerprint density at radius 2 is 2.00 bits per heavy atom. The topological polar surface area (TPSA) is 69.2 Å². The summed E-state index contributed by atoms with van der Waals surface area (Å²) in [6.45, 7) is 9.87. The molecular formula is C29H33ClFN5O3. The second-order valence-corrected chi connectivity index (χ2v) is 11.8. The standard InChI is InChI=1S/C29H33ClFN5O3/c1-4-22(37)34-11-12-36-19(14-34)15-39-26-23(28(36)38)27(32-25(24(26)30)20-7-5-6-8-21(20)31)35-10-9-29(13-18(35)2)16-33(3)17-29/h4-8,18-19H,1,9-17H2,2-3H3. The Kier molecular flexibility index (Phi) is 6.54. The molecule has 8 nitrogen and oxygen atoms in total. The van der Waals surface area contributed by atoms with E-state index in [0.29, 0.717) is 31.0 Å². The number of piperazine rings is 1. The number of pyridine rings is 1. The van der Waals surface area contributed by atoms with Crippen LogP contribution in [-0.4, -0.2) is 96.5 Å². The zero-order valence-corrected chi connectivity index (χ0v) is 23.1. The Labute approximate surface area is 233 Å². The van der Waals surface area contributed by atoms with Gasteiger partial charge in [-0.3, -0.25) is 9.59 Å². The number of aromatic nitrogens is 1. The molecule has 3 fully saturated rings. The summed E-state index contributed by atoms with van der Waals surface area (Å²) in [5.41, 5.74) is 1.12. The number of hydrogen-bond donors (Lipinski definition) is 0. The van der Waals surface area contributed by atoms with Crippen LogP contribution in [0.2, 0.25) is 5.02 Å². The van der Waals surface area contributed by atoms with Crippen LogP contribution in [0.15, 0.2) is 36.9 Å². The van der Waals surface area contributed by atoms with Crippen molar-refractivity contribution >= 4 is 29.2 Å². The fourth-order valence-corrected chi connectivity index (χ4v) is 7.23. The molecule has 4 aliphatic heterocycles. The van der Waals surface area contributed by atoms with Gasteiger partial charge >= 0.3 is 0 Å². The normalized spacial score (nSPS) is 24.4. The average Bonchev–Trinajstić information content (AvgIpc) is 3.05. The van der Waals surface area contributed by atoms with E-state index in [1.165, 1.54) is 12.1 Å². The van der Waals surface area contributed by atoms with Gasteiger partial charge in [-0.1, -0.05) is 30.3 Å². The zero-order chi connectivity index (χ0) is 27.5. The largest absolute Gasteiger partial charge is 0.489 e. The van der Waals surface area contributed by atoms with Gasteiger partial charge in [-0.25, -0.2) is 9.37 Å². The monoisotopic (exact) mass is 553 g/mol. The maximum absolute atomic E-state index is 15.0. The van der Waals surface area contributed by atoms with Gasteiger partial charge in [0.05, 0.1) is 11.7 Å². The van der Waals surface area contributed by atoms with E-state index in [1.54, 1.807) is 28.0 Å². The predicted molar refractivity (Wildman–Crippen MR) is 148 cm³/mol. The van der Waals surface area contributed by atoms with E-state index >= 15 is 4.39 Å². The minimum atomic E-state index is -0.447. The number of nitrogens with zero attached hydrogens (tertiary/aromatic N) is 5. The van der Waals surface area contributed by atoms with E-state index < -0.39 is 5.82 Å². The third-order valence-electron chi connectivity index (χ3n) is 8.69. The van der Waals surface area contributed by atoms with Crippen LogP contribution in [0, 0.1) is 11.2 Å². The van der Waals surface area contributed by atoms with E-state index in [2.05, 4.69) is 30.4 Å². The lowest BCUT2D eigenvalue weighted by molar-refractivity contribution is -0.128. The molecule has 206 valence electrons. The lowest BCUT2D eigenvalue weighted by Gasteiger charge is -2.55. The summed E-state index contributed by atoms with van der Waals surface area (Å²) >= 11 is 6.88. The molecule has 10 heteroatoms. The molecule has 39 heavy (non-hydrogen) atoms. The number of ether oxygens (including phenoxy) is 1. The minimum Gasteiger partial charge on any atom is -0.489 e. The predicted octanol–water partition coefficient (Wildman–Crippen LogP) is 3.69. The third kappa shape index (κ3) is 4.36. The summed E-state index contributed by atoms with van der Waals surface area (Å²) < 4.78 is 21.3. The summed E-state index contributed by atoms with van der Waals surface area (Å²) in [6, 6.07) is 6.13. The number of piperidine rings is 1. The molecule has 0 radical (unpaired) electrons. The molecule has 4 aliphatic rings. The van der Waals surface area contributed by atoms with E-state index in [0.717, 1.165) is 32.5 Å². The number of likely N-dealkylation sites (tertiary alicyclic amines) is 1. The number of carbonyl (C=O) groups excluding carboxylic acids is 2.